The van der Waals surface area contributed by atoms with Gasteiger partial charge < -0.3 is 29.9 Å². The molecule has 1 unspecified atom stereocenters. The van der Waals surface area contributed by atoms with E-state index in [0.717, 1.165) is 61.9 Å². The zero-order valence-electron chi connectivity index (χ0n) is 26.5. The monoisotopic (exact) mass is 689 g/mol. The topological polar surface area (TPSA) is 138 Å². The average Bonchev–Trinajstić information content (AvgIpc) is 3.06. The summed E-state index contributed by atoms with van der Waals surface area (Å²) >= 11 is 12.6. The van der Waals surface area contributed by atoms with Crippen LogP contribution in [-0.2, 0) is 28.8 Å². The number of amides is 3. The molecule has 2 aromatic rings. The molecule has 0 radical (unpaired) electrons. The van der Waals surface area contributed by atoms with Gasteiger partial charge in [0.05, 0.1) is 28.8 Å². The summed E-state index contributed by atoms with van der Waals surface area (Å²) in [5, 5.41) is 7.62. The van der Waals surface area contributed by atoms with Gasteiger partial charge in [-0.15, -0.1) is 0 Å². The van der Waals surface area contributed by atoms with E-state index in [4.69, 9.17) is 32.8 Å². The molecule has 1 fully saturated rings. The van der Waals surface area contributed by atoms with E-state index in [0.29, 0.717) is 34.4 Å². The Morgan fingerprint density at radius 3 is 2.62 bits per heavy atom. The highest BCUT2D eigenvalue weighted by Gasteiger charge is 2.26. The average molecular weight is 691 g/mol. The van der Waals surface area contributed by atoms with Crippen molar-refractivity contribution < 1.29 is 33.5 Å². The van der Waals surface area contributed by atoms with Gasteiger partial charge in [-0.3, -0.25) is 19.3 Å². The van der Waals surface area contributed by atoms with E-state index in [-0.39, 0.29) is 56.4 Å². The maximum atomic E-state index is 12.4. The van der Waals surface area contributed by atoms with Crippen molar-refractivity contribution in [2.45, 2.75) is 50.9 Å². The third-order valence-electron chi connectivity index (χ3n) is 8.12. The van der Waals surface area contributed by atoms with Crippen molar-refractivity contribution in [3.8, 4) is 5.75 Å². The van der Waals surface area contributed by atoms with Gasteiger partial charge >= 0.3 is 5.97 Å². The molecular formula is C33H41Cl2N5O7. The van der Waals surface area contributed by atoms with Crippen molar-refractivity contribution in [3.05, 3.63) is 52.0 Å². The lowest BCUT2D eigenvalue weighted by atomic mass is 9.90. The number of hydrogen-bond donors (Lipinski definition) is 2. The highest BCUT2D eigenvalue weighted by Crippen LogP contribution is 2.35. The number of ether oxygens (including phenoxy) is 1. The van der Waals surface area contributed by atoms with Gasteiger partial charge in [0, 0.05) is 83.1 Å². The number of benzene rings is 2. The Kier molecular flexibility index (Phi) is 13.7. The number of anilines is 2. The van der Waals surface area contributed by atoms with Crippen LogP contribution in [0.2, 0.25) is 10.0 Å². The van der Waals surface area contributed by atoms with Crippen LogP contribution in [0.15, 0.2) is 36.4 Å². The molecule has 254 valence electrons. The van der Waals surface area contributed by atoms with Crippen molar-refractivity contribution in [2.75, 3.05) is 63.1 Å². The lowest BCUT2D eigenvalue weighted by Gasteiger charge is -2.36. The fourth-order valence-electron chi connectivity index (χ4n) is 5.51. The van der Waals surface area contributed by atoms with Gasteiger partial charge in [-0.2, -0.15) is 5.06 Å². The van der Waals surface area contributed by atoms with Crippen LogP contribution in [0.1, 0.15) is 56.4 Å². The predicted molar refractivity (Wildman–Crippen MR) is 179 cm³/mol. The molecule has 0 aliphatic carbocycles. The highest BCUT2D eigenvalue weighted by molar-refractivity contribution is 6.43. The third kappa shape index (κ3) is 10.8. The zero-order valence-corrected chi connectivity index (χ0v) is 28.0. The number of halogens is 2. The summed E-state index contributed by atoms with van der Waals surface area (Å²) in [6, 6.07) is 11.3. The van der Waals surface area contributed by atoms with Crippen molar-refractivity contribution >= 4 is 64.6 Å². The Labute approximate surface area is 284 Å². The second-order valence-corrected chi connectivity index (χ2v) is 12.3. The number of hydrogen-bond acceptors (Lipinski definition) is 9. The van der Waals surface area contributed by atoms with Gasteiger partial charge in [-0.05, 0) is 43.1 Å². The van der Waals surface area contributed by atoms with Gasteiger partial charge in [0.1, 0.15) is 12.0 Å². The Morgan fingerprint density at radius 2 is 1.85 bits per heavy atom. The number of carbonyl (C=O) groups is 5. The van der Waals surface area contributed by atoms with Crippen LogP contribution < -0.4 is 20.3 Å². The normalized spacial score (nSPS) is 16.1. The number of fused-ring (bicyclic) bond motifs is 1. The number of piperazine rings is 1. The minimum Gasteiger partial charge on any atom is -0.494 e. The van der Waals surface area contributed by atoms with E-state index < -0.39 is 11.9 Å². The number of hydroxylamine groups is 2. The standard InChI is InChI=1S/C33H41Cl2N5O7/c1-38(31(44)8-5-18-41)47-32(45)12-11-29(42)36-22-23-20-30(43)37-27-21-24(9-10-25(23)27)46-19-3-2-13-39-14-16-40(17-15-39)28-7-4-6-26(34)33(28)35/h4,6-7,9-10,18,21,23H,2-3,5,8,11-17,19-20,22H2,1H3,(H,36,42)(H,37,43). The van der Waals surface area contributed by atoms with Crippen LogP contribution in [0.4, 0.5) is 11.4 Å². The fourth-order valence-corrected chi connectivity index (χ4v) is 5.93. The van der Waals surface area contributed by atoms with Crippen LogP contribution in [0.5, 0.6) is 5.75 Å². The second kappa shape index (κ2) is 17.9. The molecule has 0 spiro atoms. The number of rotatable bonds is 15. The summed E-state index contributed by atoms with van der Waals surface area (Å²) in [6.45, 7) is 5.44. The first kappa shape index (κ1) is 36.0. The predicted octanol–water partition coefficient (Wildman–Crippen LogP) is 4.19. The highest BCUT2D eigenvalue weighted by atomic mass is 35.5. The molecule has 4 rings (SSSR count). The van der Waals surface area contributed by atoms with E-state index in [9.17, 15) is 24.0 Å². The lowest BCUT2D eigenvalue weighted by molar-refractivity contribution is -0.192. The molecule has 2 aliphatic rings. The lowest BCUT2D eigenvalue weighted by Crippen LogP contribution is -2.46. The number of aldehydes is 1. The van der Waals surface area contributed by atoms with E-state index in [1.165, 1.54) is 7.05 Å². The van der Waals surface area contributed by atoms with Gasteiger partial charge in [0.25, 0.3) is 5.91 Å². The summed E-state index contributed by atoms with van der Waals surface area (Å²) in [5.41, 5.74) is 2.53. The van der Waals surface area contributed by atoms with Crippen LogP contribution in [0.25, 0.3) is 0 Å². The third-order valence-corrected chi connectivity index (χ3v) is 8.93. The van der Waals surface area contributed by atoms with Crippen molar-refractivity contribution in [3.63, 3.8) is 0 Å². The smallest absolute Gasteiger partial charge is 0.333 e. The maximum absolute atomic E-state index is 12.4. The first-order valence-electron chi connectivity index (χ1n) is 15.8. The molecule has 12 nitrogen and oxygen atoms in total. The van der Waals surface area contributed by atoms with Gasteiger partial charge in [-0.1, -0.05) is 35.3 Å². The Morgan fingerprint density at radius 1 is 1.06 bits per heavy atom. The molecule has 0 saturated carbocycles. The second-order valence-electron chi connectivity index (χ2n) is 11.5. The minimum absolute atomic E-state index is 0.0306. The Bertz CT molecular complexity index is 1430. The summed E-state index contributed by atoms with van der Waals surface area (Å²) in [7, 11) is 1.28. The molecule has 0 bridgehead atoms. The Balaban J connectivity index is 1.14. The molecule has 2 N–H and O–H groups in total. The fraction of sp³-hybridized carbons (Fsp3) is 0.485. The SMILES string of the molecule is CN(OC(=O)CCC(=O)NCC1CC(=O)Nc2cc(OCCCCN3CCN(c4cccc(Cl)c4Cl)CC3)ccc21)C(=O)CCC=O. The van der Waals surface area contributed by atoms with E-state index >= 15 is 0 Å². The summed E-state index contributed by atoms with van der Waals surface area (Å²) in [5.74, 6) is -1.36. The number of nitrogens with one attached hydrogen (secondary N) is 2. The molecule has 14 heteroatoms. The first-order chi connectivity index (χ1) is 22.6. The maximum Gasteiger partial charge on any atom is 0.333 e. The molecule has 2 heterocycles. The van der Waals surface area contributed by atoms with Crippen LogP contribution in [0, 0.1) is 0 Å². The van der Waals surface area contributed by atoms with Crippen LogP contribution in [-0.4, -0.2) is 92.9 Å². The number of carbonyl (C=O) groups excluding carboxylic acids is 5. The molecule has 3 amide bonds. The minimum atomic E-state index is -0.740. The van der Waals surface area contributed by atoms with Crippen molar-refractivity contribution in [1.29, 1.82) is 0 Å². The molecule has 0 aromatic heterocycles. The molecule has 1 atom stereocenters. The van der Waals surface area contributed by atoms with Gasteiger partial charge in [0.2, 0.25) is 11.8 Å². The van der Waals surface area contributed by atoms with Gasteiger partial charge in [0.15, 0.2) is 0 Å². The molecule has 1 saturated heterocycles. The van der Waals surface area contributed by atoms with Crippen molar-refractivity contribution in [1.82, 2.24) is 15.3 Å². The largest absolute Gasteiger partial charge is 0.494 e. The van der Waals surface area contributed by atoms with E-state index in [1.54, 1.807) is 6.07 Å². The molecule has 2 aromatic carbocycles. The summed E-state index contributed by atoms with van der Waals surface area (Å²) in [6.07, 6.45) is 2.30. The summed E-state index contributed by atoms with van der Waals surface area (Å²) in [4.78, 5) is 68.6. The van der Waals surface area contributed by atoms with Crippen molar-refractivity contribution in [2.24, 2.45) is 0 Å². The molecule has 2 aliphatic heterocycles. The van der Waals surface area contributed by atoms with Gasteiger partial charge in [-0.25, -0.2) is 4.79 Å². The zero-order chi connectivity index (χ0) is 33.8. The van der Waals surface area contributed by atoms with E-state index in [1.807, 2.05) is 30.3 Å². The first-order valence-corrected chi connectivity index (χ1v) is 16.6. The van der Waals surface area contributed by atoms with Crippen LogP contribution >= 0.6 is 23.2 Å². The number of unbranched alkanes of at least 4 members (excludes halogenated alkanes) is 1. The summed E-state index contributed by atoms with van der Waals surface area (Å²) < 4.78 is 5.99. The quantitative estimate of drug-likeness (QED) is 0.160. The van der Waals surface area contributed by atoms with Crippen LogP contribution in [0.3, 0.4) is 0 Å². The Hall–Kier alpha value is -3.87. The number of nitrogens with zero attached hydrogens (tertiary/aromatic N) is 3. The van der Waals surface area contributed by atoms with E-state index in [2.05, 4.69) is 20.4 Å². The molecule has 47 heavy (non-hydrogen) atoms. The molecular weight excluding hydrogens is 649 g/mol.